The van der Waals surface area contributed by atoms with E-state index in [4.69, 9.17) is 5.26 Å². The normalized spacial score (nSPS) is 23.3. The number of ketones is 1. The smallest absolute Gasteiger partial charge is 0.135 e. The molecular weight excluding hydrogens is 249 g/mol. The van der Waals surface area contributed by atoms with Crippen LogP contribution in [0.25, 0.3) is 0 Å². The van der Waals surface area contributed by atoms with Gasteiger partial charge in [-0.3, -0.25) is 9.69 Å². The second-order valence-corrected chi connectivity index (χ2v) is 4.19. The molecular formula is C10H17Cl2N3O. The Morgan fingerprint density at radius 3 is 2.25 bits per heavy atom. The van der Waals surface area contributed by atoms with Gasteiger partial charge in [-0.15, -0.1) is 24.8 Å². The summed E-state index contributed by atoms with van der Waals surface area (Å²) in [5.74, 6) is 0.362. The highest BCUT2D eigenvalue weighted by Gasteiger charge is 2.43. The van der Waals surface area contributed by atoms with Crippen molar-refractivity contribution in [3.8, 4) is 6.07 Å². The predicted molar refractivity (Wildman–Crippen MR) is 66.1 cm³/mol. The maximum Gasteiger partial charge on any atom is 0.135 e. The van der Waals surface area contributed by atoms with Crippen molar-refractivity contribution in [1.29, 1.82) is 5.26 Å². The van der Waals surface area contributed by atoms with Gasteiger partial charge < -0.3 is 5.32 Å². The number of carbonyl (C=O) groups is 1. The van der Waals surface area contributed by atoms with Crippen LogP contribution < -0.4 is 5.32 Å². The molecule has 6 heteroatoms. The third-order valence-corrected chi connectivity index (χ3v) is 3.31. The average molecular weight is 266 g/mol. The molecule has 2 aliphatic rings. The van der Waals surface area contributed by atoms with Crippen LogP contribution in [0, 0.1) is 11.3 Å². The molecule has 16 heavy (non-hydrogen) atoms. The Balaban J connectivity index is 0.00000112. The van der Waals surface area contributed by atoms with E-state index < -0.39 is 0 Å². The van der Waals surface area contributed by atoms with Crippen molar-refractivity contribution in [1.82, 2.24) is 10.2 Å². The third kappa shape index (κ3) is 2.86. The lowest BCUT2D eigenvalue weighted by atomic mass is 9.85. The highest BCUT2D eigenvalue weighted by molar-refractivity contribution is 5.85. The van der Waals surface area contributed by atoms with Gasteiger partial charge in [0, 0.05) is 39.0 Å². The Morgan fingerprint density at radius 1 is 1.31 bits per heavy atom. The summed E-state index contributed by atoms with van der Waals surface area (Å²) in [4.78, 5) is 13.4. The summed E-state index contributed by atoms with van der Waals surface area (Å²) in [6, 6.07) is 2.25. The first-order valence-electron chi connectivity index (χ1n) is 5.11. The van der Waals surface area contributed by atoms with Gasteiger partial charge in [0.15, 0.2) is 0 Å². The number of carbonyl (C=O) groups excluding carboxylic acids is 1. The first-order chi connectivity index (χ1) is 6.77. The minimum atomic E-state index is 0. The van der Waals surface area contributed by atoms with E-state index in [9.17, 15) is 4.79 Å². The van der Waals surface area contributed by atoms with Crippen molar-refractivity contribution in [2.75, 3.05) is 26.2 Å². The van der Waals surface area contributed by atoms with E-state index in [0.717, 1.165) is 26.2 Å². The van der Waals surface area contributed by atoms with Crippen LogP contribution in [0.1, 0.15) is 19.3 Å². The number of halogens is 2. The maximum absolute atomic E-state index is 11.1. The number of Topliss-reactive ketones (excluding diaryl/α,β-unsaturated/α-hetero) is 1. The van der Waals surface area contributed by atoms with Gasteiger partial charge in [-0.05, 0) is 0 Å². The van der Waals surface area contributed by atoms with Crippen molar-refractivity contribution >= 4 is 30.6 Å². The molecule has 0 aromatic heterocycles. The van der Waals surface area contributed by atoms with Crippen LogP contribution in [0.5, 0.6) is 0 Å². The van der Waals surface area contributed by atoms with E-state index in [2.05, 4.69) is 16.3 Å². The first kappa shape index (κ1) is 15.7. The first-order valence-corrected chi connectivity index (χ1v) is 5.11. The van der Waals surface area contributed by atoms with Crippen LogP contribution >= 0.6 is 24.8 Å². The lowest BCUT2D eigenvalue weighted by Gasteiger charge is -2.50. The Bertz CT molecular complexity index is 276. The number of hydrogen-bond acceptors (Lipinski definition) is 4. The van der Waals surface area contributed by atoms with Crippen LogP contribution in [-0.4, -0.2) is 42.4 Å². The Hall–Kier alpha value is -0.340. The molecule has 0 aliphatic carbocycles. The molecule has 2 rings (SSSR count). The van der Waals surface area contributed by atoms with Gasteiger partial charge in [0.2, 0.25) is 0 Å². The third-order valence-electron chi connectivity index (χ3n) is 3.31. The second-order valence-electron chi connectivity index (χ2n) is 4.19. The Kier molecular flexibility index (Phi) is 6.27. The number of hydrogen-bond donors (Lipinski definition) is 1. The van der Waals surface area contributed by atoms with E-state index in [0.29, 0.717) is 25.0 Å². The molecule has 0 radical (unpaired) electrons. The van der Waals surface area contributed by atoms with Gasteiger partial charge >= 0.3 is 0 Å². The molecule has 0 bridgehead atoms. The van der Waals surface area contributed by atoms with Crippen LogP contribution in [-0.2, 0) is 4.79 Å². The summed E-state index contributed by atoms with van der Waals surface area (Å²) in [5, 5.41) is 12.0. The van der Waals surface area contributed by atoms with Crippen molar-refractivity contribution in [2.45, 2.75) is 24.8 Å². The average Bonchev–Trinajstić information content (AvgIpc) is 2.13. The van der Waals surface area contributed by atoms with Gasteiger partial charge in [-0.25, -0.2) is 0 Å². The molecule has 0 atom stereocenters. The minimum Gasteiger partial charge on any atom is -0.313 e. The highest BCUT2D eigenvalue weighted by Crippen LogP contribution is 2.26. The number of nitrogens with one attached hydrogen (secondary N) is 1. The molecule has 1 N–H and O–H groups in total. The van der Waals surface area contributed by atoms with Gasteiger partial charge in [-0.2, -0.15) is 5.26 Å². The second kappa shape index (κ2) is 6.41. The molecule has 2 fully saturated rings. The fraction of sp³-hybridized carbons (Fsp3) is 0.800. The van der Waals surface area contributed by atoms with Crippen LogP contribution in [0.2, 0.25) is 0 Å². The summed E-state index contributed by atoms with van der Waals surface area (Å²) in [5.41, 5.74) is 0.0372. The van der Waals surface area contributed by atoms with Gasteiger partial charge in [-0.1, -0.05) is 0 Å². The molecule has 0 aromatic rings. The summed E-state index contributed by atoms with van der Waals surface area (Å²) in [7, 11) is 0. The van der Waals surface area contributed by atoms with Crippen LogP contribution in [0.4, 0.5) is 0 Å². The largest absolute Gasteiger partial charge is 0.313 e. The molecule has 0 aromatic carbocycles. The lowest BCUT2D eigenvalue weighted by Crippen LogP contribution is -2.69. The zero-order valence-corrected chi connectivity index (χ0v) is 10.7. The molecule has 2 saturated heterocycles. The summed E-state index contributed by atoms with van der Waals surface area (Å²) in [6.07, 6.45) is 1.90. The summed E-state index contributed by atoms with van der Waals surface area (Å²) >= 11 is 0. The molecule has 0 amide bonds. The zero-order valence-electron chi connectivity index (χ0n) is 9.07. The van der Waals surface area contributed by atoms with Crippen LogP contribution in [0.15, 0.2) is 0 Å². The van der Waals surface area contributed by atoms with E-state index in [-0.39, 0.29) is 30.4 Å². The molecule has 0 unspecified atom stereocenters. The van der Waals surface area contributed by atoms with Gasteiger partial charge in [0.25, 0.3) is 0 Å². The van der Waals surface area contributed by atoms with Crippen molar-refractivity contribution in [3.63, 3.8) is 0 Å². The Labute approximate surface area is 108 Å². The number of nitriles is 1. The Morgan fingerprint density at radius 2 is 1.88 bits per heavy atom. The summed E-state index contributed by atoms with van der Waals surface area (Å²) < 4.78 is 0. The predicted octanol–water partition coefficient (Wildman–Crippen LogP) is 0.751. The molecule has 2 aliphatic heterocycles. The minimum absolute atomic E-state index is 0. The van der Waals surface area contributed by atoms with E-state index in [1.165, 1.54) is 0 Å². The number of piperidine rings is 1. The number of nitrogens with zero attached hydrogens (tertiary/aromatic N) is 2. The number of rotatable bonds is 2. The van der Waals surface area contributed by atoms with Crippen LogP contribution in [0.3, 0.4) is 0 Å². The fourth-order valence-electron chi connectivity index (χ4n) is 2.25. The van der Waals surface area contributed by atoms with E-state index in [1.54, 1.807) is 0 Å². The van der Waals surface area contributed by atoms with Crippen molar-refractivity contribution in [2.24, 2.45) is 0 Å². The topological polar surface area (TPSA) is 56.1 Å². The monoisotopic (exact) mass is 265 g/mol. The SMILES string of the molecule is Cl.Cl.N#CCC1(N2CCC(=O)CC2)CNC1. The van der Waals surface area contributed by atoms with Crippen molar-refractivity contribution < 1.29 is 4.79 Å². The molecule has 0 spiro atoms. The van der Waals surface area contributed by atoms with E-state index >= 15 is 0 Å². The molecule has 4 nitrogen and oxygen atoms in total. The number of likely N-dealkylation sites (tertiary alicyclic amines) is 1. The molecule has 0 saturated carbocycles. The van der Waals surface area contributed by atoms with E-state index in [1.807, 2.05) is 0 Å². The van der Waals surface area contributed by atoms with Gasteiger partial charge in [0.05, 0.1) is 18.0 Å². The lowest BCUT2D eigenvalue weighted by molar-refractivity contribution is -0.123. The quantitative estimate of drug-likeness (QED) is 0.801. The molecule has 92 valence electrons. The van der Waals surface area contributed by atoms with Gasteiger partial charge in [0.1, 0.15) is 5.78 Å². The van der Waals surface area contributed by atoms with Crippen molar-refractivity contribution in [3.05, 3.63) is 0 Å². The molecule has 2 heterocycles. The maximum atomic E-state index is 11.1. The standard InChI is InChI=1S/C10H15N3O.2ClH/c11-4-3-10(7-12-8-10)13-5-1-9(14)2-6-13;;/h12H,1-3,5-8H2;2*1H. The highest BCUT2D eigenvalue weighted by atomic mass is 35.5. The summed E-state index contributed by atoms with van der Waals surface area (Å²) in [6.45, 7) is 3.47. The fourth-order valence-corrected chi connectivity index (χ4v) is 2.25. The zero-order chi connectivity index (χ0) is 10.0.